The van der Waals surface area contributed by atoms with Crippen LogP contribution in [0.2, 0.25) is 0 Å². The Morgan fingerprint density at radius 3 is 2.81 bits per heavy atom. The number of nitrogens with one attached hydrogen (secondary N) is 1. The first-order valence-corrected chi connectivity index (χ1v) is 10.4. The van der Waals surface area contributed by atoms with Gasteiger partial charge in [-0.15, -0.1) is 23.0 Å². The van der Waals surface area contributed by atoms with Gasteiger partial charge in [-0.1, -0.05) is 35.9 Å². The van der Waals surface area contributed by atoms with E-state index in [1.165, 1.54) is 22.7 Å². The first-order valence-electron chi connectivity index (χ1n) is 8.73. The summed E-state index contributed by atoms with van der Waals surface area (Å²) < 4.78 is 3.77. The molecule has 0 spiro atoms. The predicted octanol–water partition coefficient (Wildman–Crippen LogP) is 3.42. The van der Waals surface area contributed by atoms with Crippen LogP contribution in [0.1, 0.15) is 53.5 Å². The molecule has 2 aromatic rings. The zero-order chi connectivity index (χ0) is 18.4. The molecule has 0 aromatic carbocycles. The maximum absolute atomic E-state index is 13.1. The van der Waals surface area contributed by atoms with E-state index in [1.54, 1.807) is 11.5 Å². The number of nitrogens with zero attached hydrogens (tertiary/aromatic N) is 3. The SMILES string of the molecule is C=CCN(C(=O)c1csnn1)C(C(=O)NC1CCCCC1)c1cccs1. The Balaban J connectivity index is 1.86. The van der Waals surface area contributed by atoms with E-state index >= 15 is 0 Å². The van der Waals surface area contributed by atoms with Crippen molar-refractivity contribution in [2.75, 3.05) is 6.54 Å². The van der Waals surface area contributed by atoms with Crippen LogP contribution in [0.25, 0.3) is 0 Å². The van der Waals surface area contributed by atoms with Gasteiger partial charge in [0.05, 0.1) is 0 Å². The van der Waals surface area contributed by atoms with Crippen LogP contribution in [0.3, 0.4) is 0 Å². The molecule has 1 atom stereocenters. The van der Waals surface area contributed by atoms with Gasteiger partial charge in [-0.25, -0.2) is 0 Å². The van der Waals surface area contributed by atoms with Crippen LogP contribution in [-0.2, 0) is 4.79 Å². The van der Waals surface area contributed by atoms with Gasteiger partial charge in [-0.05, 0) is 35.8 Å². The molecule has 8 heteroatoms. The predicted molar refractivity (Wildman–Crippen MR) is 103 cm³/mol. The molecular weight excluding hydrogens is 368 g/mol. The third kappa shape index (κ3) is 4.37. The molecule has 6 nitrogen and oxygen atoms in total. The second-order valence-corrected chi connectivity index (χ2v) is 7.89. The molecule has 0 aliphatic heterocycles. The molecule has 1 fully saturated rings. The monoisotopic (exact) mass is 390 g/mol. The summed E-state index contributed by atoms with van der Waals surface area (Å²) >= 11 is 2.58. The number of aromatic nitrogens is 2. The summed E-state index contributed by atoms with van der Waals surface area (Å²) in [7, 11) is 0. The van der Waals surface area contributed by atoms with Crippen LogP contribution in [-0.4, -0.2) is 38.9 Å². The number of rotatable bonds is 7. The lowest BCUT2D eigenvalue weighted by molar-refractivity contribution is -0.126. The van der Waals surface area contributed by atoms with E-state index in [9.17, 15) is 9.59 Å². The molecule has 1 N–H and O–H groups in total. The van der Waals surface area contributed by atoms with E-state index < -0.39 is 6.04 Å². The molecule has 26 heavy (non-hydrogen) atoms. The Hall–Kier alpha value is -2.06. The van der Waals surface area contributed by atoms with Crippen LogP contribution >= 0.6 is 22.9 Å². The summed E-state index contributed by atoms with van der Waals surface area (Å²) in [6.45, 7) is 4.01. The first kappa shape index (κ1) is 18.7. The van der Waals surface area contributed by atoms with E-state index in [4.69, 9.17) is 0 Å². The van der Waals surface area contributed by atoms with Gasteiger partial charge >= 0.3 is 0 Å². The summed E-state index contributed by atoms with van der Waals surface area (Å²) in [5.41, 5.74) is 0.254. The van der Waals surface area contributed by atoms with E-state index in [0.717, 1.165) is 42.1 Å². The second kappa shape index (κ2) is 9.05. The van der Waals surface area contributed by atoms with Gasteiger partial charge in [0.2, 0.25) is 5.91 Å². The van der Waals surface area contributed by atoms with Gasteiger partial charge in [0.1, 0.15) is 6.04 Å². The average Bonchev–Trinajstić information content (AvgIpc) is 3.36. The van der Waals surface area contributed by atoms with Gasteiger partial charge < -0.3 is 10.2 Å². The van der Waals surface area contributed by atoms with E-state index in [0.29, 0.717) is 0 Å². The number of thiophene rings is 1. The topological polar surface area (TPSA) is 75.2 Å². The average molecular weight is 391 g/mol. The Labute approximate surface area is 161 Å². The molecule has 2 aromatic heterocycles. The number of hydrogen-bond donors (Lipinski definition) is 1. The molecule has 0 radical (unpaired) electrons. The fourth-order valence-corrected chi connectivity index (χ4v) is 4.51. The van der Waals surface area contributed by atoms with E-state index in [2.05, 4.69) is 21.5 Å². The smallest absolute Gasteiger partial charge is 0.276 e. The van der Waals surface area contributed by atoms with Crippen LogP contribution in [0.4, 0.5) is 0 Å². The third-order valence-corrected chi connectivity index (χ3v) is 5.92. The maximum atomic E-state index is 13.1. The molecule has 1 saturated carbocycles. The Morgan fingerprint density at radius 2 is 2.19 bits per heavy atom. The van der Waals surface area contributed by atoms with E-state index in [-0.39, 0.29) is 30.1 Å². The van der Waals surface area contributed by atoms with Crippen molar-refractivity contribution < 1.29 is 9.59 Å². The van der Waals surface area contributed by atoms with Crippen molar-refractivity contribution in [3.05, 3.63) is 46.1 Å². The largest absolute Gasteiger partial charge is 0.351 e. The number of hydrogen-bond acceptors (Lipinski definition) is 6. The van der Waals surface area contributed by atoms with Crippen LogP contribution in [0, 0.1) is 0 Å². The van der Waals surface area contributed by atoms with Crippen molar-refractivity contribution in [3.8, 4) is 0 Å². The lowest BCUT2D eigenvalue weighted by atomic mass is 9.95. The normalized spacial score (nSPS) is 16.0. The van der Waals surface area contributed by atoms with Crippen LogP contribution < -0.4 is 5.32 Å². The summed E-state index contributed by atoms with van der Waals surface area (Å²) in [6, 6.07) is 3.27. The molecule has 2 heterocycles. The molecular formula is C18H22N4O2S2. The van der Waals surface area contributed by atoms with Gasteiger partial charge in [-0.3, -0.25) is 9.59 Å². The first-order chi connectivity index (χ1) is 12.7. The fraction of sp³-hybridized carbons (Fsp3) is 0.444. The van der Waals surface area contributed by atoms with Crippen molar-refractivity contribution in [3.63, 3.8) is 0 Å². The van der Waals surface area contributed by atoms with Crippen LogP contribution in [0.5, 0.6) is 0 Å². The van der Waals surface area contributed by atoms with Gasteiger partial charge in [0, 0.05) is 22.8 Å². The lowest BCUT2D eigenvalue weighted by Gasteiger charge is -2.31. The minimum Gasteiger partial charge on any atom is -0.351 e. The van der Waals surface area contributed by atoms with Crippen molar-refractivity contribution >= 4 is 34.7 Å². The highest BCUT2D eigenvalue weighted by Gasteiger charge is 2.34. The van der Waals surface area contributed by atoms with Gasteiger partial charge in [0.15, 0.2) is 5.69 Å². The zero-order valence-corrected chi connectivity index (χ0v) is 16.1. The van der Waals surface area contributed by atoms with Crippen molar-refractivity contribution in [1.29, 1.82) is 0 Å². The molecule has 1 aliphatic rings. The van der Waals surface area contributed by atoms with Crippen molar-refractivity contribution in [2.45, 2.75) is 44.2 Å². The number of carbonyl (C=O) groups is 2. The zero-order valence-electron chi connectivity index (χ0n) is 14.5. The van der Waals surface area contributed by atoms with Gasteiger partial charge in [0.25, 0.3) is 5.91 Å². The summed E-state index contributed by atoms with van der Waals surface area (Å²) in [5, 5.41) is 10.5. The van der Waals surface area contributed by atoms with E-state index in [1.807, 2.05) is 17.5 Å². The minimum atomic E-state index is -0.691. The summed E-state index contributed by atoms with van der Waals surface area (Å²) in [6.07, 6.45) is 7.11. The summed E-state index contributed by atoms with van der Waals surface area (Å²) in [4.78, 5) is 28.4. The standard InChI is InChI=1S/C18H22N4O2S2/c1-2-10-22(18(24)14-12-26-21-20-14)16(15-9-6-11-25-15)17(23)19-13-7-4-3-5-8-13/h2,6,9,11-13,16H,1,3-5,7-8,10H2,(H,19,23). The number of amides is 2. The minimum absolute atomic E-state index is 0.141. The maximum Gasteiger partial charge on any atom is 0.276 e. The number of carbonyl (C=O) groups excluding carboxylic acids is 2. The molecule has 3 rings (SSSR count). The van der Waals surface area contributed by atoms with Crippen LogP contribution in [0.15, 0.2) is 35.5 Å². The highest BCUT2D eigenvalue weighted by atomic mass is 32.1. The molecule has 0 saturated heterocycles. The highest BCUT2D eigenvalue weighted by molar-refractivity contribution is 7.10. The Morgan fingerprint density at radius 1 is 1.38 bits per heavy atom. The van der Waals surface area contributed by atoms with Crippen molar-refractivity contribution in [2.24, 2.45) is 0 Å². The molecule has 138 valence electrons. The molecule has 2 amide bonds. The highest BCUT2D eigenvalue weighted by Crippen LogP contribution is 2.28. The summed E-state index contributed by atoms with van der Waals surface area (Å²) in [5.74, 6) is -0.450. The Kier molecular flexibility index (Phi) is 6.51. The van der Waals surface area contributed by atoms with Gasteiger partial charge in [-0.2, -0.15) is 0 Å². The molecule has 0 bridgehead atoms. The lowest BCUT2D eigenvalue weighted by Crippen LogP contribution is -2.47. The fourth-order valence-electron chi connectivity index (χ4n) is 3.25. The van der Waals surface area contributed by atoms with Crippen molar-refractivity contribution in [1.82, 2.24) is 19.8 Å². The molecule has 1 unspecified atom stereocenters. The quantitative estimate of drug-likeness (QED) is 0.735. The second-order valence-electron chi connectivity index (χ2n) is 6.30. The molecule has 1 aliphatic carbocycles. The third-order valence-electron chi connectivity index (χ3n) is 4.49. The Bertz CT molecular complexity index is 724.